The zero-order valence-corrected chi connectivity index (χ0v) is 18.1. The highest BCUT2D eigenvalue weighted by molar-refractivity contribution is 5.99. The molecule has 178 valence electrons. The zero-order valence-electron chi connectivity index (χ0n) is 18.1. The van der Waals surface area contributed by atoms with Gasteiger partial charge in [0.2, 0.25) is 11.8 Å². The van der Waals surface area contributed by atoms with Crippen molar-refractivity contribution in [2.45, 2.75) is 26.1 Å². The number of aromatic nitrogens is 2. The number of ether oxygens (including phenoxy) is 1. The van der Waals surface area contributed by atoms with Gasteiger partial charge >= 0.3 is 12.2 Å². The minimum atomic E-state index is -4.52. The normalized spacial score (nSPS) is 11.9. The number of benzene rings is 2. The molecule has 0 aliphatic carbocycles. The molecule has 0 spiro atoms. The monoisotopic (exact) mass is 474 g/mol. The summed E-state index contributed by atoms with van der Waals surface area (Å²) in [6.45, 7) is 2.93. The molecule has 5 N–H and O–H groups in total. The van der Waals surface area contributed by atoms with E-state index in [-0.39, 0.29) is 17.1 Å². The van der Waals surface area contributed by atoms with Crippen molar-refractivity contribution in [1.82, 2.24) is 9.97 Å². The minimum Gasteiger partial charge on any atom is -0.439 e. The van der Waals surface area contributed by atoms with Gasteiger partial charge in [0.25, 0.3) is 0 Å². The molecule has 0 aliphatic heterocycles. The first kappa shape index (κ1) is 24.3. The summed E-state index contributed by atoms with van der Waals surface area (Å²) < 4.78 is 44.8. The lowest BCUT2D eigenvalue weighted by molar-refractivity contribution is -0.138. The highest BCUT2D eigenvalue weighted by Gasteiger charge is 2.32. The van der Waals surface area contributed by atoms with Crippen LogP contribution in [0.3, 0.4) is 0 Å². The molecule has 0 saturated heterocycles. The Morgan fingerprint density at radius 3 is 2.29 bits per heavy atom. The number of primary amides is 1. The average molecular weight is 474 g/mol. The number of alkyl halides is 3. The van der Waals surface area contributed by atoms with E-state index >= 15 is 0 Å². The predicted octanol–water partition coefficient (Wildman–Crippen LogP) is 4.53. The number of aryl methyl sites for hydroxylation is 1. The second kappa shape index (κ2) is 10.1. The van der Waals surface area contributed by atoms with Crippen molar-refractivity contribution >= 4 is 29.1 Å². The number of nitrogens with two attached hydrogens (primary N) is 1. The number of anilines is 3. The number of urea groups is 1. The van der Waals surface area contributed by atoms with Crippen LogP contribution in [0.5, 0.6) is 11.6 Å². The van der Waals surface area contributed by atoms with E-state index in [1.807, 2.05) is 0 Å². The summed E-state index contributed by atoms with van der Waals surface area (Å²) in [6.07, 6.45) is -3.27. The van der Waals surface area contributed by atoms with Crippen LogP contribution in [-0.2, 0) is 11.0 Å². The number of carbonyl (C=O) groups excluding carboxylic acids is 2. The number of rotatable bonds is 7. The Morgan fingerprint density at radius 2 is 1.65 bits per heavy atom. The van der Waals surface area contributed by atoms with Gasteiger partial charge in [0, 0.05) is 17.4 Å². The predicted molar refractivity (Wildman–Crippen MR) is 120 cm³/mol. The molecule has 0 bridgehead atoms. The molecule has 34 heavy (non-hydrogen) atoms. The molecule has 0 saturated carbocycles. The van der Waals surface area contributed by atoms with Gasteiger partial charge in [-0.3, -0.25) is 4.79 Å². The molecule has 0 unspecified atom stereocenters. The molecule has 3 aromatic rings. The van der Waals surface area contributed by atoms with Crippen LogP contribution in [-0.4, -0.2) is 27.9 Å². The van der Waals surface area contributed by atoms with Gasteiger partial charge in [0.1, 0.15) is 23.9 Å². The van der Waals surface area contributed by atoms with E-state index in [1.165, 1.54) is 31.5 Å². The van der Waals surface area contributed by atoms with Crippen LogP contribution in [0.25, 0.3) is 0 Å². The van der Waals surface area contributed by atoms with Crippen LogP contribution in [0.15, 0.2) is 54.9 Å². The van der Waals surface area contributed by atoms with Gasteiger partial charge < -0.3 is 26.4 Å². The molecule has 0 radical (unpaired) electrons. The zero-order chi connectivity index (χ0) is 24.9. The Hall–Kier alpha value is -4.35. The maximum absolute atomic E-state index is 13.0. The third-order valence-corrected chi connectivity index (χ3v) is 4.57. The Morgan fingerprint density at radius 1 is 1.00 bits per heavy atom. The SMILES string of the molecule is Cc1ccc(NC(=O)Nc2ccc(Oc3cc(N[C@@H](C)C(N)=O)ncn3)cc2)cc1C(F)(F)F. The standard InChI is InChI=1S/C22H21F3N6O3/c1-12-3-4-15(9-17(12)22(23,24)25)31-21(33)30-14-5-7-16(8-6-14)34-19-10-18(27-11-28-19)29-13(2)20(26)32/h3-11,13H,1-2H3,(H2,26,32)(H,27,28,29)(H2,30,31,33)/t13-/m0/s1. The van der Waals surface area contributed by atoms with Crippen LogP contribution >= 0.6 is 0 Å². The summed E-state index contributed by atoms with van der Waals surface area (Å²) in [5.41, 5.74) is 4.84. The molecular weight excluding hydrogens is 453 g/mol. The first-order valence-electron chi connectivity index (χ1n) is 9.93. The van der Waals surface area contributed by atoms with Crippen LogP contribution < -0.4 is 26.4 Å². The lowest BCUT2D eigenvalue weighted by Gasteiger charge is -2.13. The third-order valence-electron chi connectivity index (χ3n) is 4.57. The third kappa shape index (κ3) is 6.58. The highest BCUT2D eigenvalue weighted by Crippen LogP contribution is 2.33. The Bertz CT molecular complexity index is 1190. The fraction of sp³-hybridized carbons (Fsp3) is 0.182. The number of halogens is 3. The van der Waals surface area contributed by atoms with Crippen LogP contribution in [0.2, 0.25) is 0 Å². The van der Waals surface area contributed by atoms with Crippen molar-refractivity contribution in [1.29, 1.82) is 0 Å². The largest absolute Gasteiger partial charge is 0.439 e. The van der Waals surface area contributed by atoms with Crippen molar-refractivity contribution in [2.75, 3.05) is 16.0 Å². The van der Waals surface area contributed by atoms with Gasteiger partial charge in [-0.2, -0.15) is 13.2 Å². The lowest BCUT2D eigenvalue weighted by Crippen LogP contribution is -2.32. The molecule has 1 atom stereocenters. The maximum Gasteiger partial charge on any atom is 0.416 e. The van der Waals surface area contributed by atoms with Crippen molar-refractivity contribution in [2.24, 2.45) is 5.73 Å². The molecular formula is C22H21F3N6O3. The molecule has 3 rings (SSSR count). The summed E-state index contributed by atoms with van der Waals surface area (Å²) in [5, 5.41) is 7.72. The summed E-state index contributed by atoms with van der Waals surface area (Å²) in [7, 11) is 0. The van der Waals surface area contributed by atoms with E-state index in [1.54, 1.807) is 31.2 Å². The van der Waals surface area contributed by atoms with Gasteiger partial charge in [0.15, 0.2) is 0 Å². The van der Waals surface area contributed by atoms with E-state index in [0.717, 1.165) is 6.07 Å². The number of hydrogen-bond donors (Lipinski definition) is 4. The molecule has 1 aromatic heterocycles. The summed E-state index contributed by atoms with van der Waals surface area (Å²) in [4.78, 5) is 31.3. The quantitative estimate of drug-likeness (QED) is 0.398. The maximum atomic E-state index is 13.0. The van der Waals surface area contributed by atoms with E-state index in [9.17, 15) is 22.8 Å². The van der Waals surface area contributed by atoms with Crippen molar-refractivity contribution in [3.63, 3.8) is 0 Å². The van der Waals surface area contributed by atoms with Crippen molar-refractivity contribution < 1.29 is 27.5 Å². The summed E-state index contributed by atoms with van der Waals surface area (Å²) in [6, 6.07) is 9.89. The lowest BCUT2D eigenvalue weighted by atomic mass is 10.1. The van der Waals surface area contributed by atoms with Crippen LogP contribution in [0.1, 0.15) is 18.1 Å². The number of nitrogens with zero attached hydrogens (tertiary/aromatic N) is 2. The smallest absolute Gasteiger partial charge is 0.416 e. The van der Waals surface area contributed by atoms with Gasteiger partial charge in [0.05, 0.1) is 5.56 Å². The van der Waals surface area contributed by atoms with Gasteiger partial charge in [-0.15, -0.1) is 0 Å². The molecule has 0 fully saturated rings. The van der Waals surface area contributed by atoms with Crippen LogP contribution in [0, 0.1) is 6.92 Å². The molecule has 0 aliphatic rings. The Labute approximate surface area is 192 Å². The highest BCUT2D eigenvalue weighted by atomic mass is 19.4. The second-order valence-electron chi connectivity index (χ2n) is 7.24. The van der Waals surface area contributed by atoms with E-state index in [0.29, 0.717) is 17.3 Å². The number of nitrogens with one attached hydrogen (secondary N) is 3. The molecule has 2 aromatic carbocycles. The van der Waals surface area contributed by atoms with Crippen LogP contribution in [0.4, 0.5) is 35.2 Å². The fourth-order valence-corrected chi connectivity index (χ4v) is 2.79. The number of amides is 3. The van der Waals surface area contributed by atoms with E-state index in [2.05, 4.69) is 25.9 Å². The molecule has 3 amide bonds. The molecule has 12 heteroatoms. The summed E-state index contributed by atoms with van der Waals surface area (Å²) in [5.74, 6) is 0.395. The average Bonchev–Trinajstić information content (AvgIpc) is 2.76. The Balaban J connectivity index is 1.60. The second-order valence-corrected chi connectivity index (χ2v) is 7.24. The van der Waals surface area contributed by atoms with Crippen molar-refractivity contribution in [3.8, 4) is 11.6 Å². The first-order chi connectivity index (χ1) is 16.0. The van der Waals surface area contributed by atoms with E-state index < -0.39 is 29.7 Å². The molecule has 1 heterocycles. The Kier molecular flexibility index (Phi) is 7.19. The topological polar surface area (TPSA) is 131 Å². The summed E-state index contributed by atoms with van der Waals surface area (Å²) >= 11 is 0. The van der Waals surface area contributed by atoms with Gasteiger partial charge in [-0.25, -0.2) is 14.8 Å². The fourth-order valence-electron chi connectivity index (χ4n) is 2.79. The van der Waals surface area contributed by atoms with Gasteiger partial charge in [-0.05, 0) is 55.8 Å². The number of hydrogen-bond acceptors (Lipinski definition) is 6. The van der Waals surface area contributed by atoms with E-state index in [4.69, 9.17) is 10.5 Å². The van der Waals surface area contributed by atoms with Gasteiger partial charge in [-0.1, -0.05) is 6.07 Å². The minimum absolute atomic E-state index is 0.00853. The number of carbonyl (C=O) groups is 2. The molecule has 9 nitrogen and oxygen atoms in total. The first-order valence-corrected chi connectivity index (χ1v) is 9.93. The van der Waals surface area contributed by atoms with Crippen molar-refractivity contribution in [3.05, 3.63) is 66.0 Å².